The molecule has 9 heteroatoms. The van der Waals surface area contributed by atoms with Gasteiger partial charge in [0.2, 0.25) is 11.0 Å². The Morgan fingerprint density at radius 3 is 3.00 bits per heavy atom. The van der Waals surface area contributed by atoms with E-state index in [9.17, 15) is 0 Å². The second kappa shape index (κ2) is 5.11. The molecule has 0 unspecified atom stereocenters. The van der Waals surface area contributed by atoms with Gasteiger partial charge in [-0.05, 0) is 36.0 Å². The van der Waals surface area contributed by atoms with Gasteiger partial charge in [-0.2, -0.15) is 4.52 Å². The first-order valence-corrected chi connectivity index (χ1v) is 7.96. The van der Waals surface area contributed by atoms with Gasteiger partial charge in [-0.1, -0.05) is 11.3 Å². The van der Waals surface area contributed by atoms with Crippen LogP contribution in [0.5, 0.6) is 5.88 Å². The van der Waals surface area contributed by atoms with Crippen molar-refractivity contribution in [3.05, 3.63) is 30.3 Å². The van der Waals surface area contributed by atoms with Crippen LogP contribution in [0.4, 0.5) is 5.13 Å². The van der Waals surface area contributed by atoms with Crippen molar-refractivity contribution in [1.82, 2.24) is 24.8 Å². The third-order valence-electron chi connectivity index (χ3n) is 3.00. The van der Waals surface area contributed by atoms with Gasteiger partial charge < -0.3 is 10.5 Å². The number of thiazole rings is 1. The highest BCUT2D eigenvalue weighted by molar-refractivity contribution is 7.99. The third-order valence-corrected chi connectivity index (χ3v) is 4.78. The predicted octanol–water partition coefficient (Wildman–Crippen LogP) is 2.48. The van der Waals surface area contributed by atoms with Crippen molar-refractivity contribution in [2.24, 2.45) is 0 Å². The standard InChI is InChI=1S/C13H10N6OS2/c1-20-11-5-4-10-16-17-13(19(10)18-11)21-7-2-3-8-9(6-7)22-12(14)15-8/h2-6H,1H3,(H2,14,15). The van der Waals surface area contributed by atoms with Crippen molar-refractivity contribution in [2.45, 2.75) is 10.1 Å². The van der Waals surface area contributed by atoms with Gasteiger partial charge in [0.25, 0.3) is 0 Å². The quantitative estimate of drug-likeness (QED) is 0.617. The Balaban J connectivity index is 1.74. The van der Waals surface area contributed by atoms with Crippen molar-refractivity contribution in [3.8, 4) is 5.88 Å². The van der Waals surface area contributed by atoms with Crippen LogP contribution in [0.15, 0.2) is 40.4 Å². The summed E-state index contributed by atoms with van der Waals surface area (Å²) in [7, 11) is 1.58. The number of benzene rings is 1. The van der Waals surface area contributed by atoms with E-state index in [1.807, 2.05) is 24.3 Å². The van der Waals surface area contributed by atoms with Gasteiger partial charge in [0.1, 0.15) is 0 Å². The third kappa shape index (κ3) is 2.24. The summed E-state index contributed by atoms with van der Waals surface area (Å²) < 4.78 is 7.84. The molecule has 0 aliphatic rings. The van der Waals surface area contributed by atoms with E-state index in [0.29, 0.717) is 21.8 Å². The highest BCUT2D eigenvalue weighted by Gasteiger charge is 2.11. The number of rotatable bonds is 3. The Morgan fingerprint density at radius 1 is 1.23 bits per heavy atom. The number of nitrogen functional groups attached to an aromatic ring is 1. The van der Waals surface area contributed by atoms with Crippen LogP contribution >= 0.6 is 23.1 Å². The number of anilines is 1. The van der Waals surface area contributed by atoms with Crippen molar-refractivity contribution in [3.63, 3.8) is 0 Å². The van der Waals surface area contributed by atoms with Crippen molar-refractivity contribution < 1.29 is 4.74 Å². The molecule has 2 N–H and O–H groups in total. The number of aromatic nitrogens is 5. The van der Waals surface area contributed by atoms with E-state index >= 15 is 0 Å². The molecule has 110 valence electrons. The maximum Gasteiger partial charge on any atom is 0.231 e. The molecule has 0 saturated carbocycles. The smallest absolute Gasteiger partial charge is 0.231 e. The summed E-state index contributed by atoms with van der Waals surface area (Å²) in [5.41, 5.74) is 7.31. The Kier molecular flexibility index (Phi) is 3.09. The lowest BCUT2D eigenvalue weighted by Crippen LogP contribution is -1.96. The molecular weight excluding hydrogens is 320 g/mol. The molecule has 1 aromatic carbocycles. The maximum atomic E-state index is 5.73. The largest absolute Gasteiger partial charge is 0.480 e. The molecule has 0 spiro atoms. The summed E-state index contributed by atoms with van der Waals surface area (Å²) in [5.74, 6) is 0.514. The number of nitrogens with two attached hydrogens (primary N) is 1. The molecule has 0 amide bonds. The number of nitrogens with zero attached hydrogens (tertiary/aromatic N) is 5. The first kappa shape index (κ1) is 13.3. The molecule has 22 heavy (non-hydrogen) atoms. The lowest BCUT2D eigenvalue weighted by Gasteiger charge is -2.01. The first-order chi connectivity index (χ1) is 10.7. The van der Waals surface area contributed by atoms with Crippen molar-refractivity contribution >= 4 is 44.1 Å². The average molecular weight is 330 g/mol. The fourth-order valence-electron chi connectivity index (χ4n) is 2.02. The fraction of sp³-hybridized carbons (Fsp3) is 0.0769. The van der Waals surface area contributed by atoms with E-state index < -0.39 is 0 Å². The molecule has 0 atom stereocenters. The summed E-state index contributed by atoms with van der Waals surface area (Å²) in [6.45, 7) is 0. The molecule has 4 aromatic rings. The van der Waals surface area contributed by atoms with Crippen LogP contribution < -0.4 is 10.5 Å². The number of fused-ring (bicyclic) bond motifs is 2. The van der Waals surface area contributed by atoms with Crippen LogP contribution in [0.1, 0.15) is 0 Å². The molecule has 0 fully saturated rings. The summed E-state index contributed by atoms with van der Waals surface area (Å²) in [4.78, 5) is 5.27. The van der Waals surface area contributed by atoms with Crippen LogP contribution in [0.2, 0.25) is 0 Å². The maximum absolute atomic E-state index is 5.73. The predicted molar refractivity (Wildman–Crippen MR) is 85.5 cm³/mol. The number of ether oxygens (including phenoxy) is 1. The van der Waals surface area contributed by atoms with Crippen LogP contribution in [-0.4, -0.2) is 31.9 Å². The van der Waals surface area contributed by atoms with E-state index in [1.165, 1.54) is 23.1 Å². The van der Waals surface area contributed by atoms with E-state index in [0.717, 1.165) is 15.1 Å². The molecule has 7 nitrogen and oxygen atoms in total. The minimum absolute atomic E-state index is 0.514. The van der Waals surface area contributed by atoms with Crippen molar-refractivity contribution in [2.75, 3.05) is 12.8 Å². The van der Waals surface area contributed by atoms with Crippen LogP contribution in [0.3, 0.4) is 0 Å². The number of hydrogen-bond acceptors (Lipinski definition) is 8. The van der Waals surface area contributed by atoms with Gasteiger partial charge in [-0.3, -0.25) is 0 Å². The Hall–Kier alpha value is -2.39. The normalized spacial score (nSPS) is 11.3. The van der Waals surface area contributed by atoms with E-state index in [1.54, 1.807) is 17.7 Å². The Labute approximate surface area is 133 Å². The minimum Gasteiger partial charge on any atom is -0.480 e. The molecule has 0 bridgehead atoms. The summed E-state index contributed by atoms with van der Waals surface area (Å²) in [6.07, 6.45) is 0. The fourth-order valence-corrected chi connectivity index (χ4v) is 3.69. The highest BCUT2D eigenvalue weighted by atomic mass is 32.2. The van der Waals surface area contributed by atoms with Gasteiger partial charge in [0.05, 0.1) is 17.3 Å². The SMILES string of the molecule is COc1ccc2nnc(Sc3ccc4nc(N)sc4c3)n2n1. The average Bonchev–Trinajstić information content (AvgIpc) is 3.09. The molecule has 3 aromatic heterocycles. The van der Waals surface area contributed by atoms with Gasteiger partial charge in [-0.15, -0.1) is 15.3 Å². The van der Waals surface area contributed by atoms with Crippen molar-refractivity contribution in [1.29, 1.82) is 0 Å². The Bertz CT molecular complexity index is 979. The lowest BCUT2D eigenvalue weighted by molar-refractivity contribution is 0.388. The number of hydrogen-bond donors (Lipinski definition) is 1. The molecule has 3 heterocycles. The summed E-state index contributed by atoms with van der Waals surface area (Å²) >= 11 is 2.94. The second-order valence-electron chi connectivity index (χ2n) is 4.41. The van der Waals surface area contributed by atoms with Crippen LogP contribution in [-0.2, 0) is 0 Å². The monoisotopic (exact) mass is 330 g/mol. The van der Waals surface area contributed by atoms with E-state index in [4.69, 9.17) is 10.5 Å². The van der Waals surface area contributed by atoms with Gasteiger partial charge in [-0.25, -0.2) is 4.98 Å². The second-order valence-corrected chi connectivity index (χ2v) is 6.51. The molecule has 4 rings (SSSR count). The van der Waals surface area contributed by atoms with Crippen LogP contribution in [0, 0.1) is 0 Å². The zero-order valence-electron chi connectivity index (χ0n) is 11.4. The minimum atomic E-state index is 0.514. The Morgan fingerprint density at radius 2 is 2.14 bits per heavy atom. The van der Waals surface area contributed by atoms with E-state index in [-0.39, 0.29) is 0 Å². The zero-order valence-corrected chi connectivity index (χ0v) is 13.1. The topological polar surface area (TPSA) is 91.2 Å². The van der Waals surface area contributed by atoms with Crippen LogP contribution in [0.25, 0.3) is 15.9 Å². The molecule has 0 saturated heterocycles. The lowest BCUT2D eigenvalue weighted by atomic mass is 10.3. The highest BCUT2D eigenvalue weighted by Crippen LogP contribution is 2.32. The molecule has 0 aliphatic carbocycles. The molecular formula is C13H10N6OS2. The number of methoxy groups -OCH3 is 1. The summed E-state index contributed by atoms with van der Waals surface area (Å²) in [5, 5.41) is 13.8. The first-order valence-electron chi connectivity index (χ1n) is 6.33. The zero-order chi connectivity index (χ0) is 15.1. The summed E-state index contributed by atoms with van der Waals surface area (Å²) in [6, 6.07) is 9.53. The van der Waals surface area contributed by atoms with E-state index in [2.05, 4.69) is 20.3 Å². The molecule has 0 radical (unpaired) electrons. The van der Waals surface area contributed by atoms with Gasteiger partial charge in [0.15, 0.2) is 10.8 Å². The van der Waals surface area contributed by atoms with Gasteiger partial charge in [0, 0.05) is 11.0 Å². The molecule has 0 aliphatic heterocycles. The van der Waals surface area contributed by atoms with Gasteiger partial charge >= 0.3 is 0 Å².